The fourth-order valence-corrected chi connectivity index (χ4v) is 2.27. The Morgan fingerprint density at radius 1 is 1.30 bits per heavy atom. The first-order valence-electron chi connectivity index (χ1n) is 6.86. The van der Waals surface area contributed by atoms with E-state index in [0.29, 0.717) is 22.3 Å². The zero-order valence-corrected chi connectivity index (χ0v) is 12.3. The van der Waals surface area contributed by atoms with E-state index >= 15 is 0 Å². The zero-order chi connectivity index (χ0) is 16.4. The lowest BCUT2D eigenvalue weighted by Crippen LogP contribution is -2.24. The summed E-state index contributed by atoms with van der Waals surface area (Å²) < 4.78 is 20.3. The summed E-state index contributed by atoms with van der Waals surface area (Å²) in [5.74, 6) is 0.0458. The molecule has 5 nitrogen and oxygen atoms in total. The molecule has 1 aromatic heterocycles. The summed E-state index contributed by atoms with van der Waals surface area (Å²) in [6.07, 6.45) is 0. The van der Waals surface area contributed by atoms with Gasteiger partial charge in [-0.2, -0.15) is 5.26 Å². The van der Waals surface area contributed by atoms with E-state index in [1.807, 2.05) is 6.07 Å². The molecular formula is C17H12FN3O2. The molecule has 0 aliphatic carbocycles. The second kappa shape index (κ2) is 5.89. The largest absolute Gasteiger partial charge is 0.487 e. The summed E-state index contributed by atoms with van der Waals surface area (Å²) in [5.41, 5.74) is 1.26. The maximum absolute atomic E-state index is 13.3. The fraction of sp³-hybridized carbons (Fsp3) is 0.118. The maximum Gasteiger partial charge on any atom is 0.276 e. The van der Waals surface area contributed by atoms with Gasteiger partial charge in [0.25, 0.3) is 5.56 Å². The van der Waals surface area contributed by atoms with Crippen LogP contribution in [0.2, 0.25) is 0 Å². The summed E-state index contributed by atoms with van der Waals surface area (Å²) in [6.45, 7) is -0.0615. The number of halogens is 1. The van der Waals surface area contributed by atoms with Crippen LogP contribution in [-0.4, -0.2) is 9.55 Å². The molecule has 0 radical (unpaired) electrons. The van der Waals surface area contributed by atoms with E-state index in [2.05, 4.69) is 4.98 Å². The van der Waals surface area contributed by atoms with Crippen molar-refractivity contribution in [2.24, 2.45) is 7.05 Å². The summed E-state index contributed by atoms with van der Waals surface area (Å²) in [7, 11) is 1.60. The summed E-state index contributed by atoms with van der Waals surface area (Å²) >= 11 is 0. The van der Waals surface area contributed by atoms with Gasteiger partial charge in [-0.3, -0.25) is 4.79 Å². The molecule has 0 saturated carbocycles. The summed E-state index contributed by atoms with van der Waals surface area (Å²) in [5, 5.41) is 8.87. The number of rotatable bonds is 3. The third-order valence-electron chi connectivity index (χ3n) is 3.44. The number of aromatic nitrogens is 2. The van der Waals surface area contributed by atoms with Gasteiger partial charge >= 0.3 is 0 Å². The molecule has 1 heterocycles. The number of nitriles is 1. The molecule has 0 N–H and O–H groups in total. The van der Waals surface area contributed by atoms with Crippen molar-refractivity contribution in [1.82, 2.24) is 9.55 Å². The number of hydrogen-bond acceptors (Lipinski definition) is 4. The smallest absolute Gasteiger partial charge is 0.276 e. The Balaban J connectivity index is 1.95. The molecule has 0 unspecified atom stereocenters. The minimum atomic E-state index is -0.419. The molecule has 2 aromatic carbocycles. The molecule has 0 fully saturated rings. The van der Waals surface area contributed by atoms with E-state index in [1.165, 1.54) is 22.8 Å². The highest BCUT2D eigenvalue weighted by molar-refractivity contribution is 5.74. The van der Waals surface area contributed by atoms with Crippen LogP contribution in [0.5, 0.6) is 5.75 Å². The minimum Gasteiger partial charge on any atom is -0.487 e. The molecule has 0 aliphatic heterocycles. The van der Waals surface area contributed by atoms with E-state index in [-0.39, 0.29) is 17.9 Å². The molecule has 0 saturated heterocycles. The summed E-state index contributed by atoms with van der Waals surface area (Å²) in [6, 6.07) is 12.7. The second-order valence-electron chi connectivity index (χ2n) is 4.98. The Hall–Kier alpha value is -3.20. The lowest BCUT2D eigenvalue weighted by atomic mass is 10.2. The first kappa shape index (κ1) is 14.7. The second-order valence-corrected chi connectivity index (χ2v) is 4.98. The maximum atomic E-state index is 13.3. The minimum absolute atomic E-state index is 0.0615. The van der Waals surface area contributed by atoms with Gasteiger partial charge in [0.1, 0.15) is 23.9 Å². The Bertz CT molecular complexity index is 989. The van der Waals surface area contributed by atoms with Crippen LogP contribution >= 0.6 is 0 Å². The number of hydrogen-bond donors (Lipinski definition) is 0. The Labute approximate surface area is 131 Å². The van der Waals surface area contributed by atoms with Crippen LogP contribution < -0.4 is 10.3 Å². The molecule has 3 rings (SSSR count). The molecule has 0 atom stereocenters. The van der Waals surface area contributed by atoms with Gasteiger partial charge in [0.05, 0.1) is 22.7 Å². The Morgan fingerprint density at radius 2 is 2.13 bits per heavy atom. The third kappa shape index (κ3) is 2.90. The van der Waals surface area contributed by atoms with Crippen LogP contribution in [0, 0.1) is 17.1 Å². The van der Waals surface area contributed by atoms with Crippen molar-refractivity contribution in [3.63, 3.8) is 0 Å². The average Bonchev–Trinajstić information content (AvgIpc) is 2.57. The van der Waals surface area contributed by atoms with E-state index in [9.17, 15) is 9.18 Å². The standard InChI is InChI=1S/C17H12FN3O2/c1-21-16-6-5-12(18)8-14(16)20-15(17(21)22)10-23-13-4-2-3-11(7-13)9-19/h2-8H,10H2,1H3. The van der Waals surface area contributed by atoms with E-state index < -0.39 is 5.82 Å². The molecule has 0 aliphatic rings. The molecule has 6 heteroatoms. The van der Waals surface area contributed by atoms with Gasteiger partial charge in [0.2, 0.25) is 0 Å². The van der Waals surface area contributed by atoms with Gasteiger partial charge in [-0.25, -0.2) is 9.37 Å². The van der Waals surface area contributed by atoms with Crippen LogP contribution in [0.1, 0.15) is 11.3 Å². The van der Waals surface area contributed by atoms with Crippen molar-refractivity contribution in [3.05, 3.63) is 69.9 Å². The summed E-state index contributed by atoms with van der Waals surface area (Å²) in [4.78, 5) is 16.5. The first-order valence-corrected chi connectivity index (χ1v) is 6.86. The van der Waals surface area contributed by atoms with Crippen LogP contribution in [0.3, 0.4) is 0 Å². The highest BCUT2D eigenvalue weighted by Crippen LogP contribution is 2.15. The SMILES string of the molecule is Cn1c(=O)c(COc2cccc(C#N)c2)nc2cc(F)ccc21. The van der Waals surface area contributed by atoms with Crippen molar-refractivity contribution in [3.8, 4) is 11.8 Å². The topological polar surface area (TPSA) is 67.9 Å². The highest BCUT2D eigenvalue weighted by atomic mass is 19.1. The van der Waals surface area contributed by atoms with Crippen molar-refractivity contribution >= 4 is 11.0 Å². The van der Waals surface area contributed by atoms with Crippen LogP contribution in [0.15, 0.2) is 47.3 Å². The van der Waals surface area contributed by atoms with Gasteiger partial charge in [0.15, 0.2) is 0 Å². The van der Waals surface area contributed by atoms with E-state index in [4.69, 9.17) is 10.00 Å². The monoisotopic (exact) mass is 309 g/mol. The van der Waals surface area contributed by atoms with E-state index in [0.717, 1.165) is 0 Å². The average molecular weight is 309 g/mol. The lowest BCUT2D eigenvalue weighted by molar-refractivity contribution is 0.299. The van der Waals surface area contributed by atoms with Crippen LogP contribution in [0.4, 0.5) is 4.39 Å². The van der Waals surface area contributed by atoms with Crippen molar-refractivity contribution < 1.29 is 9.13 Å². The molecule has 23 heavy (non-hydrogen) atoms. The van der Waals surface area contributed by atoms with Gasteiger partial charge in [-0.15, -0.1) is 0 Å². The zero-order valence-electron chi connectivity index (χ0n) is 12.3. The lowest BCUT2D eigenvalue weighted by Gasteiger charge is -2.09. The highest BCUT2D eigenvalue weighted by Gasteiger charge is 2.10. The predicted octanol–water partition coefficient (Wildman–Crippen LogP) is 2.52. The number of fused-ring (bicyclic) bond motifs is 1. The fourth-order valence-electron chi connectivity index (χ4n) is 2.27. The quantitative estimate of drug-likeness (QED) is 0.745. The van der Waals surface area contributed by atoms with Crippen molar-refractivity contribution in [2.45, 2.75) is 6.61 Å². The number of ether oxygens (including phenoxy) is 1. The Kier molecular flexibility index (Phi) is 3.77. The van der Waals surface area contributed by atoms with Gasteiger partial charge in [0, 0.05) is 13.1 Å². The number of nitrogens with zero attached hydrogens (tertiary/aromatic N) is 3. The first-order chi connectivity index (χ1) is 11.1. The van der Waals surface area contributed by atoms with Crippen molar-refractivity contribution in [2.75, 3.05) is 0 Å². The number of aryl methyl sites for hydroxylation is 1. The molecule has 0 amide bonds. The van der Waals surface area contributed by atoms with Gasteiger partial charge in [-0.1, -0.05) is 6.07 Å². The molecule has 3 aromatic rings. The van der Waals surface area contributed by atoms with E-state index in [1.54, 1.807) is 31.3 Å². The predicted molar refractivity (Wildman–Crippen MR) is 82.4 cm³/mol. The Morgan fingerprint density at radius 3 is 2.91 bits per heavy atom. The number of benzene rings is 2. The van der Waals surface area contributed by atoms with Crippen molar-refractivity contribution in [1.29, 1.82) is 5.26 Å². The van der Waals surface area contributed by atoms with Crippen LogP contribution in [-0.2, 0) is 13.7 Å². The van der Waals surface area contributed by atoms with Gasteiger partial charge < -0.3 is 9.30 Å². The van der Waals surface area contributed by atoms with Crippen LogP contribution in [0.25, 0.3) is 11.0 Å². The van der Waals surface area contributed by atoms with Gasteiger partial charge in [-0.05, 0) is 30.3 Å². The molecule has 0 bridgehead atoms. The molecule has 0 spiro atoms. The molecule has 114 valence electrons. The molecular weight excluding hydrogens is 297 g/mol. The third-order valence-corrected chi connectivity index (χ3v) is 3.44. The normalized spacial score (nSPS) is 10.5.